The zero-order valence-corrected chi connectivity index (χ0v) is 15.3. The number of hydrogen-bond donors (Lipinski definition) is 1. The monoisotopic (exact) mass is 349 g/mol. The molecule has 0 radical (unpaired) electrons. The van der Waals surface area contributed by atoms with E-state index in [1.165, 1.54) is 0 Å². The molecule has 6 heteroatoms. The van der Waals surface area contributed by atoms with Gasteiger partial charge in [-0.3, -0.25) is 4.79 Å². The summed E-state index contributed by atoms with van der Waals surface area (Å²) in [4.78, 5) is 25.7. The maximum absolute atomic E-state index is 13.0. The lowest BCUT2D eigenvalue weighted by molar-refractivity contribution is -0.139. The molecule has 1 aliphatic carbocycles. The van der Waals surface area contributed by atoms with Crippen molar-refractivity contribution in [3.63, 3.8) is 0 Å². The molecule has 0 aromatic heterocycles. The molecule has 1 aromatic rings. The van der Waals surface area contributed by atoms with E-state index in [9.17, 15) is 9.59 Å². The predicted molar refractivity (Wildman–Crippen MR) is 94.2 cm³/mol. The van der Waals surface area contributed by atoms with Gasteiger partial charge in [-0.25, -0.2) is 4.79 Å². The summed E-state index contributed by atoms with van der Waals surface area (Å²) >= 11 is 0. The number of carbonyl (C=O) groups is 2. The molecule has 0 heterocycles. The summed E-state index contributed by atoms with van der Waals surface area (Å²) in [6.07, 6.45) is 2.09. The average Bonchev–Trinajstić information content (AvgIpc) is 3.38. The third-order valence-electron chi connectivity index (χ3n) is 4.42. The smallest absolute Gasteiger partial charge is 0.341 e. The van der Waals surface area contributed by atoms with E-state index in [-0.39, 0.29) is 11.9 Å². The summed E-state index contributed by atoms with van der Waals surface area (Å²) in [6.45, 7) is 8.08. The molecule has 1 N–H and O–H groups in total. The van der Waals surface area contributed by atoms with Crippen LogP contribution >= 0.6 is 0 Å². The molecule has 1 aliphatic rings. The Balaban J connectivity index is 2.26. The van der Waals surface area contributed by atoms with Crippen molar-refractivity contribution in [3.8, 4) is 11.5 Å². The minimum Gasteiger partial charge on any atom is -0.490 e. The first-order valence-corrected chi connectivity index (χ1v) is 8.79. The molecule has 25 heavy (non-hydrogen) atoms. The first-order chi connectivity index (χ1) is 11.8. The van der Waals surface area contributed by atoms with Gasteiger partial charge in [-0.15, -0.1) is 0 Å². The lowest BCUT2D eigenvalue weighted by Crippen LogP contribution is -2.43. The van der Waals surface area contributed by atoms with Crippen molar-refractivity contribution < 1.29 is 24.2 Å². The predicted octanol–water partition coefficient (Wildman–Crippen LogP) is 3.20. The van der Waals surface area contributed by atoms with E-state index in [1.54, 1.807) is 18.2 Å². The normalized spacial score (nSPS) is 14.9. The third kappa shape index (κ3) is 4.87. The van der Waals surface area contributed by atoms with Gasteiger partial charge in [0.1, 0.15) is 0 Å². The molecule has 138 valence electrons. The highest BCUT2D eigenvalue weighted by Gasteiger charge is 2.37. The van der Waals surface area contributed by atoms with Crippen molar-refractivity contribution in [3.05, 3.63) is 23.8 Å². The number of carboxylic acids is 1. The van der Waals surface area contributed by atoms with E-state index >= 15 is 0 Å². The fourth-order valence-corrected chi connectivity index (χ4v) is 2.67. The number of benzene rings is 1. The molecule has 1 fully saturated rings. The molecule has 2 rings (SSSR count). The minimum atomic E-state index is -1.06. The van der Waals surface area contributed by atoms with Gasteiger partial charge in [0.05, 0.1) is 6.61 Å². The summed E-state index contributed by atoms with van der Waals surface area (Å²) in [6, 6.07) is 5.38. The molecule has 1 atom stereocenters. The maximum atomic E-state index is 13.0. The summed E-state index contributed by atoms with van der Waals surface area (Å²) in [7, 11) is 0. The van der Waals surface area contributed by atoms with Crippen molar-refractivity contribution in [1.29, 1.82) is 0 Å². The van der Waals surface area contributed by atoms with Gasteiger partial charge in [0.2, 0.25) is 0 Å². The van der Waals surface area contributed by atoms with Gasteiger partial charge in [0.25, 0.3) is 5.91 Å². The van der Waals surface area contributed by atoms with E-state index in [1.807, 2.05) is 11.8 Å². The maximum Gasteiger partial charge on any atom is 0.341 e. The van der Waals surface area contributed by atoms with Crippen molar-refractivity contribution in [1.82, 2.24) is 4.90 Å². The molecule has 0 saturated heterocycles. The Hall–Kier alpha value is -2.24. The lowest BCUT2D eigenvalue weighted by Gasteiger charge is -2.32. The Kier molecular flexibility index (Phi) is 6.28. The van der Waals surface area contributed by atoms with E-state index in [0.29, 0.717) is 35.6 Å². The second-order valence-electron chi connectivity index (χ2n) is 6.71. The highest BCUT2D eigenvalue weighted by atomic mass is 16.5. The Bertz CT molecular complexity index is 624. The van der Waals surface area contributed by atoms with Gasteiger partial charge in [0.15, 0.2) is 18.1 Å². The van der Waals surface area contributed by atoms with Crippen molar-refractivity contribution in [2.75, 3.05) is 13.2 Å². The van der Waals surface area contributed by atoms with E-state index in [2.05, 4.69) is 20.8 Å². The van der Waals surface area contributed by atoms with Gasteiger partial charge in [0, 0.05) is 17.6 Å². The fourth-order valence-electron chi connectivity index (χ4n) is 2.67. The lowest BCUT2D eigenvalue weighted by atomic mass is 10.0. The van der Waals surface area contributed by atoms with Crippen LogP contribution in [-0.2, 0) is 4.79 Å². The highest BCUT2D eigenvalue weighted by Crippen LogP contribution is 2.34. The van der Waals surface area contributed by atoms with E-state index in [4.69, 9.17) is 14.6 Å². The number of hydrogen-bond acceptors (Lipinski definition) is 4. The second kappa shape index (κ2) is 8.23. The Morgan fingerprint density at radius 3 is 2.40 bits per heavy atom. The summed E-state index contributed by atoms with van der Waals surface area (Å²) < 4.78 is 10.8. The Morgan fingerprint density at radius 2 is 1.88 bits per heavy atom. The number of rotatable bonds is 9. The van der Waals surface area contributed by atoms with Crippen LogP contribution in [0.1, 0.15) is 50.9 Å². The number of nitrogens with zero attached hydrogens (tertiary/aromatic N) is 1. The number of carbonyl (C=O) groups excluding carboxylic acids is 1. The molecule has 0 aliphatic heterocycles. The Morgan fingerprint density at radius 1 is 1.20 bits per heavy atom. The molecule has 6 nitrogen and oxygen atoms in total. The van der Waals surface area contributed by atoms with Crippen LogP contribution in [0.15, 0.2) is 18.2 Å². The first-order valence-electron chi connectivity index (χ1n) is 8.79. The summed E-state index contributed by atoms with van der Waals surface area (Å²) in [5, 5.41) is 8.77. The van der Waals surface area contributed by atoms with Crippen molar-refractivity contribution in [2.45, 2.75) is 52.6 Å². The molecule has 1 amide bonds. The number of ether oxygens (including phenoxy) is 2. The number of amides is 1. The molecular formula is C19H27NO5. The van der Waals surface area contributed by atoms with Crippen LogP contribution < -0.4 is 9.47 Å². The number of aliphatic carboxylic acids is 1. The summed E-state index contributed by atoms with van der Waals surface area (Å²) in [5.41, 5.74) is 0.533. The van der Waals surface area contributed by atoms with Gasteiger partial charge in [-0.2, -0.15) is 0 Å². The van der Waals surface area contributed by atoms with Crippen LogP contribution in [0.5, 0.6) is 11.5 Å². The van der Waals surface area contributed by atoms with Crippen LogP contribution in [0.4, 0.5) is 0 Å². The Labute approximate surface area is 148 Å². The largest absolute Gasteiger partial charge is 0.490 e. The molecule has 1 aromatic carbocycles. The quantitative estimate of drug-likeness (QED) is 0.741. The zero-order valence-electron chi connectivity index (χ0n) is 15.3. The van der Waals surface area contributed by atoms with Crippen LogP contribution in [0.3, 0.4) is 0 Å². The van der Waals surface area contributed by atoms with Crippen LogP contribution in [0.2, 0.25) is 0 Å². The van der Waals surface area contributed by atoms with Gasteiger partial charge in [-0.05, 0) is 50.8 Å². The second-order valence-corrected chi connectivity index (χ2v) is 6.71. The van der Waals surface area contributed by atoms with Crippen molar-refractivity contribution in [2.24, 2.45) is 5.92 Å². The average molecular weight is 349 g/mol. The van der Waals surface area contributed by atoms with Gasteiger partial charge >= 0.3 is 5.97 Å². The van der Waals surface area contributed by atoms with Crippen LogP contribution in [-0.4, -0.2) is 47.2 Å². The molecule has 0 bridgehead atoms. The minimum absolute atomic E-state index is 0.0190. The zero-order chi connectivity index (χ0) is 18.6. The molecule has 1 unspecified atom stereocenters. The highest BCUT2D eigenvalue weighted by molar-refractivity contribution is 5.95. The topological polar surface area (TPSA) is 76.1 Å². The van der Waals surface area contributed by atoms with Crippen molar-refractivity contribution >= 4 is 11.9 Å². The number of carboxylic acid groups (broad SMARTS) is 1. The van der Waals surface area contributed by atoms with Crippen LogP contribution in [0.25, 0.3) is 0 Å². The standard InChI is InChI=1S/C19H27NO5/c1-5-24-17-10-14(6-9-16(17)25-11-18(21)22)19(23)20(15-7-8-15)13(4)12(2)3/h6,9-10,12-13,15H,5,7-8,11H2,1-4H3,(H,21,22). The van der Waals surface area contributed by atoms with E-state index < -0.39 is 12.6 Å². The van der Waals surface area contributed by atoms with Gasteiger partial charge < -0.3 is 19.5 Å². The van der Waals surface area contributed by atoms with E-state index in [0.717, 1.165) is 12.8 Å². The van der Waals surface area contributed by atoms with Gasteiger partial charge in [-0.1, -0.05) is 13.8 Å². The molecular weight excluding hydrogens is 322 g/mol. The fraction of sp³-hybridized carbons (Fsp3) is 0.579. The third-order valence-corrected chi connectivity index (χ3v) is 4.42. The molecule has 0 spiro atoms. The first kappa shape index (κ1) is 19.1. The summed E-state index contributed by atoms with van der Waals surface area (Å²) in [5.74, 6) is 0.00928. The van der Waals surface area contributed by atoms with Crippen LogP contribution in [0, 0.1) is 5.92 Å². The SMILES string of the molecule is CCOc1cc(C(=O)N(C2CC2)C(C)C(C)C)ccc1OCC(=O)O. The molecule has 1 saturated carbocycles.